The largest absolute Gasteiger partial charge is 0.245 e. The van der Waals surface area contributed by atoms with Gasteiger partial charge < -0.3 is 0 Å². The summed E-state index contributed by atoms with van der Waals surface area (Å²) in [7, 11) is -2.20. The van der Waals surface area contributed by atoms with Gasteiger partial charge in [0, 0.05) is 0 Å². The monoisotopic (exact) mass is 621 g/mol. The third-order valence-electron chi connectivity index (χ3n) is 6.19. The van der Waals surface area contributed by atoms with Crippen molar-refractivity contribution in [2.75, 3.05) is 0 Å². The number of rotatable bonds is 5. The zero-order chi connectivity index (χ0) is 30.7. The molecule has 0 aliphatic carbocycles. The molecular weight excluding hydrogens is 615 g/mol. The molecule has 216 valence electrons. The van der Waals surface area contributed by atoms with E-state index in [0.717, 1.165) is 24.3 Å². The lowest BCUT2D eigenvalue weighted by Crippen LogP contribution is -2.71. The first-order valence-corrected chi connectivity index (χ1v) is 11.7. The second kappa shape index (κ2) is 10.6. The summed E-state index contributed by atoms with van der Waals surface area (Å²) in [6.45, 7) is 0. The van der Waals surface area contributed by atoms with Crippen LogP contribution in [0.2, 0.25) is 0 Å². The van der Waals surface area contributed by atoms with Crippen molar-refractivity contribution in [3.8, 4) is 0 Å². The van der Waals surface area contributed by atoms with Gasteiger partial charge in [-0.3, -0.25) is 0 Å². The van der Waals surface area contributed by atoms with E-state index in [1.807, 2.05) is 0 Å². The summed E-state index contributed by atoms with van der Waals surface area (Å²) in [5, 5.41) is -0.579. The molecule has 0 bridgehead atoms. The molecule has 1 atom stereocenters. The minimum Gasteiger partial charge on any atom is -0.245 e. The van der Waals surface area contributed by atoms with Crippen molar-refractivity contribution in [3.63, 3.8) is 0 Å². The maximum atomic E-state index is 15.3. The van der Waals surface area contributed by atoms with E-state index in [9.17, 15) is 39.5 Å². The first-order chi connectivity index (χ1) is 19.1. The summed E-state index contributed by atoms with van der Waals surface area (Å²) in [6.07, 6.45) is 0. The Morgan fingerprint density at radius 2 is 0.537 bits per heavy atom. The maximum absolute atomic E-state index is 15.3. The molecular formula is C24H6BF15P-. The first kappa shape index (κ1) is 30.3. The minimum atomic E-state index is -5.57. The Labute approximate surface area is 220 Å². The van der Waals surface area contributed by atoms with Crippen molar-refractivity contribution in [3.05, 3.63) is 118 Å². The Kier molecular flexibility index (Phi) is 7.85. The Balaban J connectivity index is 2.47. The van der Waals surface area contributed by atoms with Crippen molar-refractivity contribution < 1.29 is 65.9 Å². The summed E-state index contributed by atoms with van der Waals surface area (Å²) < 4.78 is 220. The van der Waals surface area contributed by atoms with Crippen LogP contribution < -0.4 is 21.7 Å². The molecule has 0 fully saturated rings. The topological polar surface area (TPSA) is 0 Å². The Hall–Kier alpha value is -3.68. The summed E-state index contributed by atoms with van der Waals surface area (Å²) >= 11 is 0. The van der Waals surface area contributed by atoms with E-state index < -0.39 is 123 Å². The van der Waals surface area contributed by atoms with Crippen LogP contribution in [-0.4, -0.2) is 5.87 Å². The molecule has 41 heavy (non-hydrogen) atoms. The molecule has 0 heterocycles. The summed E-state index contributed by atoms with van der Waals surface area (Å²) in [5.41, 5.74) is -7.85. The molecule has 0 aromatic heterocycles. The van der Waals surface area contributed by atoms with E-state index >= 15 is 26.3 Å². The van der Waals surface area contributed by atoms with Gasteiger partial charge in [-0.25, -0.2) is 74.3 Å². The van der Waals surface area contributed by atoms with Crippen LogP contribution in [0.5, 0.6) is 0 Å². The van der Waals surface area contributed by atoms with Gasteiger partial charge in [0.05, 0.1) is 0 Å². The molecule has 17 heteroatoms. The van der Waals surface area contributed by atoms with Crippen LogP contribution in [0, 0.1) is 87.3 Å². The fourth-order valence-electron chi connectivity index (χ4n) is 4.44. The van der Waals surface area contributed by atoms with E-state index in [0.29, 0.717) is 0 Å². The normalized spacial score (nSPS) is 12.2. The summed E-state index contributed by atoms with van der Waals surface area (Å²) in [6, 6.07) is 4.98. The van der Waals surface area contributed by atoms with Gasteiger partial charge in [0.25, 0.3) is 0 Å². The van der Waals surface area contributed by atoms with Crippen LogP contribution in [0.25, 0.3) is 0 Å². The second-order valence-corrected chi connectivity index (χ2v) is 10.1. The van der Waals surface area contributed by atoms with Crippen molar-refractivity contribution in [2.24, 2.45) is 0 Å². The zero-order valence-corrected chi connectivity index (χ0v) is 20.1. The Bertz CT molecular complexity index is 1470. The predicted octanol–water partition coefficient (Wildman–Crippen LogP) is 5.74. The van der Waals surface area contributed by atoms with E-state index in [1.165, 1.54) is 6.07 Å². The standard InChI is InChI=1S/C24H6BF15P/c26-10-7(11(27)17(33)22(38)16(10)32)25(41-6-4-2-1-3-5-6,8-12(28)18(34)23(39)19(35)13(8)29)9-14(30)20(36)24(40)21(37)15(9)31/h1-5,41H/q-1. The summed E-state index contributed by atoms with van der Waals surface area (Å²) in [5.74, 6) is -50.7. The molecule has 4 aromatic carbocycles. The molecule has 4 rings (SSSR count). The number of benzene rings is 4. The van der Waals surface area contributed by atoms with Crippen LogP contribution in [0.4, 0.5) is 65.9 Å². The number of hydrogen-bond donors (Lipinski definition) is 0. The van der Waals surface area contributed by atoms with Gasteiger partial charge in [0.2, 0.25) is 0 Å². The average molecular weight is 621 g/mol. The number of hydrogen-bond acceptors (Lipinski definition) is 0. The van der Waals surface area contributed by atoms with Crippen molar-refractivity contribution >= 4 is 36.0 Å². The molecule has 0 radical (unpaired) electrons. The molecule has 1 unspecified atom stereocenters. The molecule has 0 aliphatic rings. The van der Waals surface area contributed by atoms with E-state index in [2.05, 4.69) is 0 Å². The molecule has 0 N–H and O–H groups in total. The Morgan fingerprint density at radius 1 is 0.317 bits per heavy atom. The van der Waals surface area contributed by atoms with Crippen molar-refractivity contribution in [1.29, 1.82) is 0 Å². The van der Waals surface area contributed by atoms with Gasteiger partial charge in [0.15, 0.2) is 52.4 Å². The van der Waals surface area contributed by atoms with Crippen LogP contribution in [0.3, 0.4) is 0 Å². The highest BCUT2D eigenvalue weighted by Crippen LogP contribution is 2.36. The van der Waals surface area contributed by atoms with E-state index in [1.54, 1.807) is 0 Å². The van der Waals surface area contributed by atoms with E-state index in [-0.39, 0.29) is 0 Å². The zero-order valence-electron chi connectivity index (χ0n) is 19.1. The smallest absolute Gasteiger partial charge is 0.200 e. The molecule has 0 amide bonds. The van der Waals surface area contributed by atoms with Crippen LogP contribution in [-0.2, 0) is 0 Å². The lowest BCUT2D eigenvalue weighted by molar-refractivity contribution is 0.380. The molecule has 0 saturated carbocycles. The van der Waals surface area contributed by atoms with Gasteiger partial charge in [-0.2, -0.15) is 0 Å². The molecule has 4 aromatic rings. The molecule has 0 nitrogen and oxygen atoms in total. The summed E-state index contributed by atoms with van der Waals surface area (Å²) in [4.78, 5) is 0. The average Bonchev–Trinajstić information content (AvgIpc) is 2.95. The SMILES string of the molecule is Fc1c(F)c(F)c([B-](Pc2ccccc2)(c2c(F)c(F)c(F)c(F)c2F)c2c(F)c(F)c(F)c(F)c2F)c(F)c1F. The molecule has 0 spiro atoms. The molecule has 0 aliphatic heterocycles. The van der Waals surface area contributed by atoms with Gasteiger partial charge in [-0.05, 0) is 0 Å². The Morgan fingerprint density at radius 3 is 0.780 bits per heavy atom. The third kappa shape index (κ3) is 4.34. The van der Waals surface area contributed by atoms with Crippen LogP contribution >= 0.6 is 8.46 Å². The lowest BCUT2D eigenvalue weighted by atomic mass is 9.33. The fourth-order valence-corrected chi connectivity index (χ4v) is 6.52. The molecule has 0 saturated heterocycles. The van der Waals surface area contributed by atoms with Gasteiger partial charge >= 0.3 is 0 Å². The van der Waals surface area contributed by atoms with Crippen LogP contribution in [0.15, 0.2) is 30.3 Å². The third-order valence-corrected chi connectivity index (χ3v) is 8.15. The highest BCUT2D eigenvalue weighted by molar-refractivity contribution is 7.94. The highest BCUT2D eigenvalue weighted by Gasteiger charge is 2.48. The fraction of sp³-hybridized carbons (Fsp3) is 0. The highest BCUT2D eigenvalue weighted by atomic mass is 31.1. The minimum absolute atomic E-state index is 0.579. The van der Waals surface area contributed by atoms with Crippen molar-refractivity contribution in [2.45, 2.75) is 0 Å². The van der Waals surface area contributed by atoms with Crippen LogP contribution in [0.1, 0.15) is 0 Å². The van der Waals surface area contributed by atoms with Gasteiger partial charge in [-0.15, -0.1) is 16.4 Å². The second-order valence-electron chi connectivity index (χ2n) is 8.33. The van der Waals surface area contributed by atoms with Gasteiger partial charge in [0.1, 0.15) is 40.8 Å². The lowest BCUT2D eigenvalue weighted by Gasteiger charge is -2.44. The number of halogens is 15. The van der Waals surface area contributed by atoms with Gasteiger partial charge in [-0.1, -0.05) is 35.6 Å². The van der Waals surface area contributed by atoms with Crippen molar-refractivity contribution in [1.82, 2.24) is 0 Å². The maximum Gasteiger partial charge on any atom is 0.200 e. The predicted molar refractivity (Wildman–Crippen MR) is 118 cm³/mol. The quantitative estimate of drug-likeness (QED) is 0.0878. The van der Waals surface area contributed by atoms with E-state index in [4.69, 9.17) is 0 Å². The first-order valence-electron chi connectivity index (χ1n) is 10.7.